The number of nitrogens with zero attached hydrogens (tertiary/aromatic N) is 4. The number of aromatic nitrogens is 3. The van der Waals surface area contributed by atoms with Crippen molar-refractivity contribution in [2.45, 2.75) is 78.6 Å². The molecule has 0 bridgehead atoms. The first-order valence-electron chi connectivity index (χ1n) is 24.1. The standard InChI is InChI=1S/C62H55BN4/c1-60(2,3)38-28-31-43(32-29-38)66-53-36-40(62(7,8)9)35-46-47-37-52-54(44-24-16-18-26-49(44)64(52)41-20-12-10-13-21-41)55-45-25-17-19-27-51(45)67(58(47)55)63(56(46)53)57-48-34-39(61(4,5)6)30-33-50(48)65(59(57)66)42-22-14-11-15-23-42/h10-37H,1-9H3. The first-order valence-corrected chi connectivity index (χ1v) is 24.1. The third-order valence-corrected chi connectivity index (χ3v) is 15.0. The topological polar surface area (TPSA) is 18.0 Å². The van der Waals surface area contributed by atoms with Crippen LogP contribution in [0.3, 0.4) is 0 Å². The van der Waals surface area contributed by atoms with Gasteiger partial charge in [0.05, 0.1) is 16.6 Å². The van der Waals surface area contributed by atoms with Gasteiger partial charge in [-0.1, -0.05) is 159 Å². The Morgan fingerprint density at radius 2 is 0.925 bits per heavy atom. The quantitative estimate of drug-likeness (QED) is 0.162. The van der Waals surface area contributed by atoms with E-state index in [9.17, 15) is 0 Å². The number of fused-ring (bicyclic) bond motifs is 13. The molecule has 2 aliphatic rings. The highest BCUT2D eigenvalue weighted by molar-refractivity contribution is 6.91. The lowest BCUT2D eigenvalue weighted by Crippen LogP contribution is -2.57. The molecule has 5 heteroatoms. The van der Waals surface area contributed by atoms with Crippen LogP contribution >= 0.6 is 0 Å². The molecule has 4 nitrogen and oxygen atoms in total. The van der Waals surface area contributed by atoms with Crippen LogP contribution < -0.4 is 15.8 Å². The molecule has 5 heterocycles. The van der Waals surface area contributed by atoms with Gasteiger partial charge in [-0.3, -0.25) is 9.47 Å². The molecule has 0 spiro atoms. The maximum atomic E-state index is 2.76. The summed E-state index contributed by atoms with van der Waals surface area (Å²) < 4.78 is 7.83. The minimum atomic E-state index is -0.136. The Bertz CT molecular complexity index is 3840. The molecule has 3 aromatic heterocycles. The van der Waals surface area contributed by atoms with Crippen LogP contribution in [0.15, 0.2) is 170 Å². The van der Waals surface area contributed by atoms with E-state index in [0.717, 1.165) is 11.4 Å². The van der Waals surface area contributed by atoms with Gasteiger partial charge in [0.2, 0.25) is 0 Å². The Labute approximate surface area is 393 Å². The highest BCUT2D eigenvalue weighted by Crippen LogP contribution is 2.52. The van der Waals surface area contributed by atoms with Crippen molar-refractivity contribution in [2.24, 2.45) is 0 Å². The molecule has 0 saturated carbocycles. The van der Waals surface area contributed by atoms with E-state index in [1.165, 1.54) is 110 Å². The van der Waals surface area contributed by atoms with Gasteiger partial charge >= 0.3 is 6.85 Å². The fourth-order valence-corrected chi connectivity index (χ4v) is 11.7. The number of hydrogen-bond acceptors (Lipinski definition) is 1. The van der Waals surface area contributed by atoms with Crippen LogP contribution in [0.25, 0.3) is 77.0 Å². The third kappa shape index (κ3) is 5.61. The van der Waals surface area contributed by atoms with Gasteiger partial charge in [-0.2, -0.15) is 0 Å². The van der Waals surface area contributed by atoms with Gasteiger partial charge in [0.15, 0.2) is 0 Å². The van der Waals surface area contributed by atoms with Crippen LogP contribution in [-0.2, 0) is 16.2 Å². The van der Waals surface area contributed by atoms with Gasteiger partial charge in [0.1, 0.15) is 5.82 Å². The predicted molar refractivity (Wildman–Crippen MR) is 287 cm³/mol. The molecule has 0 fully saturated rings. The average Bonchev–Trinajstić information content (AvgIpc) is 3.96. The van der Waals surface area contributed by atoms with Gasteiger partial charge in [-0.15, -0.1) is 0 Å². The van der Waals surface area contributed by atoms with Crippen molar-refractivity contribution >= 4 is 89.5 Å². The summed E-state index contributed by atoms with van der Waals surface area (Å²) in [4.78, 5) is 2.63. The summed E-state index contributed by atoms with van der Waals surface area (Å²) in [5.41, 5.74) is 20.0. The zero-order valence-corrected chi connectivity index (χ0v) is 40.0. The lowest BCUT2D eigenvalue weighted by Gasteiger charge is -2.41. The van der Waals surface area contributed by atoms with E-state index in [1.54, 1.807) is 0 Å². The summed E-state index contributed by atoms with van der Waals surface area (Å²) in [5.74, 6) is 1.20. The second kappa shape index (κ2) is 13.7. The normalized spacial score (nSPS) is 13.7. The van der Waals surface area contributed by atoms with Gasteiger partial charge in [-0.05, 0) is 122 Å². The van der Waals surface area contributed by atoms with Gasteiger partial charge in [0.25, 0.3) is 0 Å². The van der Waals surface area contributed by atoms with Crippen molar-refractivity contribution in [2.75, 3.05) is 4.90 Å². The summed E-state index contributed by atoms with van der Waals surface area (Å²) in [6.45, 7) is 20.9. The van der Waals surface area contributed by atoms with Crippen molar-refractivity contribution in [3.8, 4) is 22.5 Å². The molecule has 13 rings (SSSR count). The van der Waals surface area contributed by atoms with E-state index in [-0.39, 0.29) is 23.1 Å². The van der Waals surface area contributed by atoms with Crippen molar-refractivity contribution < 1.29 is 0 Å². The Kier molecular flexibility index (Phi) is 8.18. The minimum Gasteiger partial charge on any atom is -0.375 e. The Balaban J connectivity index is 1.28. The molecule has 2 aliphatic heterocycles. The number of anilines is 3. The molecule has 67 heavy (non-hydrogen) atoms. The summed E-state index contributed by atoms with van der Waals surface area (Å²) >= 11 is 0. The molecule has 0 amide bonds. The molecule has 0 N–H and O–H groups in total. The lowest BCUT2D eigenvalue weighted by atomic mass is 9.45. The molecular formula is C62H55BN4. The summed E-state index contributed by atoms with van der Waals surface area (Å²) in [5, 5.41) is 6.48. The van der Waals surface area contributed by atoms with E-state index in [0.29, 0.717) is 0 Å². The van der Waals surface area contributed by atoms with Crippen LogP contribution in [0.1, 0.15) is 79.0 Å². The minimum absolute atomic E-state index is 0.0163. The maximum Gasteiger partial charge on any atom is 0.335 e. The predicted octanol–water partition coefficient (Wildman–Crippen LogP) is 15.1. The van der Waals surface area contributed by atoms with E-state index in [2.05, 4.69) is 251 Å². The lowest BCUT2D eigenvalue weighted by molar-refractivity contribution is 0.590. The fourth-order valence-electron chi connectivity index (χ4n) is 11.7. The van der Waals surface area contributed by atoms with E-state index in [4.69, 9.17) is 0 Å². The van der Waals surface area contributed by atoms with Gasteiger partial charge in [-0.25, -0.2) is 0 Å². The molecule has 11 aromatic rings. The fraction of sp³-hybridized carbons (Fsp3) is 0.194. The zero-order chi connectivity index (χ0) is 45.9. The average molecular weight is 867 g/mol. The molecule has 0 saturated heterocycles. The highest BCUT2D eigenvalue weighted by atomic mass is 15.3. The number of benzene rings is 8. The zero-order valence-electron chi connectivity index (χ0n) is 40.0. The van der Waals surface area contributed by atoms with Gasteiger partial charge in [0, 0.05) is 66.4 Å². The first-order chi connectivity index (χ1) is 32.2. The Hall–Kier alpha value is -7.24. The summed E-state index contributed by atoms with van der Waals surface area (Å²) in [6, 6.07) is 64.7. The molecule has 0 radical (unpaired) electrons. The van der Waals surface area contributed by atoms with Crippen LogP contribution in [-0.4, -0.2) is 20.5 Å². The maximum absolute atomic E-state index is 2.76. The number of para-hydroxylation sites is 4. The number of hydrogen-bond donors (Lipinski definition) is 0. The van der Waals surface area contributed by atoms with Gasteiger partial charge < -0.3 is 9.05 Å². The molecule has 0 atom stereocenters. The second-order valence-electron chi connectivity index (χ2n) is 22.2. The van der Waals surface area contributed by atoms with E-state index in [1.807, 2.05) is 0 Å². The second-order valence-corrected chi connectivity index (χ2v) is 22.2. The highest BCUT2D eigenvalue weighted by Gasteiger charge is 2.47. The molecule has 8 aromatic carbocycles. The summed E-state index contributed by atoms with van der Waals surface area (Å²) in [7, 11) is 0. The van der Waals surface area contributed by atoms with E-state index >= 15 is 0 Å². The largest absolute Gasteiger partial charge is 0.375 e. The van der Waals surface area contributed by atoms with Crippen molar-refractivity contribution in [3.63, 3.8) is 0 Å². The van der Waals surface area contributed by atoms with Crippen molar-refractivity contribution in [1.29, 1.82) is 0 Å². The molecular weight excluding hydrogens is 812 g/mol. The SMILES string of the molecule is CC(C)(C)c1ccc(N2c3cc(C(C)(C)C)cc4c3B(c3c2n(-c2ccccc2)c2ccc(C(C)(C)C)cc32)n2c3ccccc3c3c5c6ccccc6n(-c6ccccc6)c5cc-4c32)cc1. The van der Waals surface area contributed by atoms with Crippen molar-refractivity contribution in [1.82, 2.24) is 13.6 Å². The Morgan fingerprint density at radius 3 is 1.57 bits per heavy atom. The Morgan fingerprint density at radius 1 is 0.373 bits per heavy atom. The summed E-state index contributed by atoms with van der Waals surface area (Å²) in [6.07, 6.45) is 0. The smallest absolute Gasteiger partial charge is 0.335 e. The molecule has 326 valence electrons. The third-order valence-electron chi connectivity index (χ3n) is 15.0. The molecule has 0 unspecified atom stereocenters. The molecule has 0 aliphatic carbocycles. The number of rotatable bonds is 3. The monoisotopic (exact) mass is 866 g/mol. The van der Waals surface area contributed by atoms with Crippen LogP contribution in [0.5, 0.6) is 0 Å². The van der Waals surface area contributed by atoms with Crippen LogP contribution in [0.2, 0.25) is 0 Å². The van der Waals surface area contributed by atoms with Crippen LogP contribution in [0.4, 0.5) is 17.2 Å². The van der Waals surface area contributed by atoms with E-state index < -0.39 is 0 Å². The first kappa shape index (κ1) is 40.1. The van der Waals surface area contributed by atoms with Crippen molar-refractivity contribution in [3.05, 3.63) is 187 Å². The van der Waals surface area contributed by atoms with Crippen LogP contribution in [0, 0.1) is 0 Å².